The highest BCUT2D eigenvalue weighted by molar-refractivity contribution is 5.89. The first-order valence-electron chi connectivity index (χ1n) is 6.87. The number of pyridine rings is 1. The zero-order valence-electron chi connectivity index (χ0n) is 11.1. The van der Waals surface area contributed by atoms with E-state index in [-0.39, 0.29) is 5.91 Å². The lowest BCUT2D eigenvalue weighted by Crippen LogP contribution is -2.53. The fourth-order valence-corrected chi connectivity index (χ4v) is 2.52. The summed E-state index contributed by atoms with van der Waals surface area (Å²) in [5, 5.41) is 0. The van der Waals surface area contributed by atoms with Gasteiger partial charge in [0.05, 0.1) is 5.54 Å². The lowest BCUT2D eigenvalue weighted by atomic mass is 10.2. The molecule has 0 atom stereocenters. The van der Waals surface area contributed by atoms with Crippen LogP contribution in [0.3, 0.4) is 0 Å². The minimum absolute atomic E-state index is 0.147. The van der Waals surface area contributed by atoms with Crippen molar-refractivity contribution in [2.75, 3.05) is 26.2 Å². The van der Waals surface area contributed by atoms with Crippen molar-refractivity contribution < 1.29 is 4.79 Å². The fourth-order valence-electron chi connectivity index (χ4n) is 2.52. The summed E-state index contributed by atoms with van der Waals surface area (Å²) in [5.41, 5.74) is 6.67. The Hall–Kier alpha value is -1.46. The van der Waals surface area contributed by atoms with E-state index in [1.807, 2.05) is 17.2 Å². The number of piperazine rings is 1. The second-order valence-electron chi connectivity index (χ2n) is 5.59. The predicted octanol–water partition coefficient (Wildman–Crippen LogP) is 0.217. The molecule has 1 amide bonds. The number of hydrogen-bond acceptors (Lipinski definition) is 4. The van der Waals surface area contributed by atoms with Gasteiger partial charge in [-0.25, -0.2) is 0 Å². The van der Waals surface area contributed by atoms with Crippen LogP contribution in [0.1, 0.15) is 18.4 Å². The van der Waals surface area contributed by atoms with E-state index in [1.54, 1.807) is 6.20 Å². The van der Waals surface area contributed by atoms with E-state index >= 15 is 0 Å². The maximum Gasteiger partial charge on any atom is 0.242 e. The van der Waals surface area contributed by atoms with Crippen molar-refractivity contribution in [3.8, 4) is 0 Å². The van der Waals surface area contributed by atoms with Crippen LogP contribution in [0, 0.1) is 0 Å². The molecule has 2 aliphatic rings. The van der Waals surface area contributed by atoms with Gasteiger partial charge in [-0.15, -0.1) is 0 Å². The van der Waals surface area contributed by atoms with E-state index in [1.165, 1.54) is 5.56 Å². The number of nitrogens with two attached hydrogens (primary N) is 1. The molecular formula is C14H20N4O. The van der Waals surface area contributed by atoms with Gasteiger partial charge in [-0.1, -0.05) is 6.07 Å². The summed E-state index contributed by atoms with van der Waals surface area (Å²) in [4.78, 5) is 20.5. The molecule has 0 unspecified atom stereocenters. The number of aromatic nitrogens is 1. The molecule has 5 nitrogen and oxygen atoms in total. The van der Waals surface area contributed by atoms with Crippen LogP contribution in [0.25, 0.3) is 0 Å². The first kappa shape index (κ1) is 12.6. The Labute approximate surface area is 113 Å². The minimum Gasteiger partial charge on any atom is -0.339 e. The van der Waals surface area contributed by atoms with E-state index in [4.69, 9.17) is 5.73 Å². The topological polar surface area (TPSA) is 62.5 Å². The van der Waals surface area contributed by atoms with E-state index in [0.717, 1.165) is 45.6 Å². The molecule has 3 rings (SSSR count). The van der Waals surface area contributed by atoms with Crippen molar-refractivity contribution in [3.63, 3.8) is 0 Å². The van der Waals surface area contributed by atoms with Crippen molar-refractivity contribution in [1.82, 2.24) is 14.8 Å². The smallest absolute Gasteiger partial charge is 0.242 e. The molecule has 0 radical (unpaired) electrons. The van der Waals surface area contributed by atoms with Crippen LogP contribution >= 0.6 is 0 Å². The Morgan fingerprint density at radius 1 is 1.32 bits per heavy atom. The average molecular weight is 260 g/mol. The van der Waals surface area contributed by atoms with Gasteiger partial charge < -0.3 is 10.6 Å². The molecule has 102 valence electrons. The van der Waals surface area contributed by atoms with Crippen molar-refractivity contribution in [1.29, 1.82) is 0 Å². The van der Waals surface area contributed by atoms with Gasteiger partial charge in [-0.2, -0.15) is 0 Å². The summed E-state index contributed by atoms with van der Waals surface area (Å²) < 4.78 is 0. The van der Waals surface area contributed by atoms with Crippen molar-refractivity contribution in [3.05, 3.63) is 30.1 Å². The van der Waals surface area contributed by atoms with Gasteiger partial charge in [-0.3, -0.25) is 14.7 Å². The highest BCUT2D eigenvalue weighted by Crippen LogP contribution is 2.34. The Kier molecular flexibility index (Phi) is 3.24. The van der Waals surface area contributed by atoms with Crippen LogP contribution in [0.4, 0.5) is 0 Å². The molecule has 0 spiro atoms. The number of rotatable bonds is 3. The summed E-state index contributed by atoms with van der Waals surface area (Å²) in [5.74, 6) is 0.147. The van der Waals surface area contributed by atoms with Gasteiger partial charge in [0.15, 0.2) is 0 Å². The average Bonchev–Trinajstić information content (AvgIpc) is 3.19. The zero-order valence-corrected chi connectivity index (χ0v) is 11.1. The third-order valence-corrected chi connectivity index (χ3v) is 4.00. The summed E-state index contributed by atoms with van der Waals surface area (Å²) in [7, 11) is 0. The largest absolute Gasteiger partial charge is 0.339 e. The van der Waals surface area contributed by atoms with Crippen LogP contribution in [0.5, 0.6) is 0 Å². The number of carbonyl (C=O) groups is 1. The molecule has 0 aromatic carbocycles. The standard InChI is InChI=1S/C14H20N4O/c15-14(3-4-14)13(19)18-8-6-17(7-9-18)11-12-2-1-5-16-10-12/h1-2,5,10H,3-4,6-9,11,15H2. The second kappa shape index (κ2) is 4.90. The molecule has 1 saturated heterocycles. The van der Waals surface area contributed by atoms with E-state index < -0.39 is 5.54 Å². The molecule has 1 aromatic heterocycles. The lowest BCUT2D eigenvalue weighted by molar-refractivity contribution is -0.135. The Morgan fingerprint density at radius 3 is 2.63 bits per heavy atom. The van der Waals surface area contributed by atoms with Gasteiger partial charge in [0, 0.05) is 45.1 Å². The molecule has 1 aromatic rings. The molecule has 5 heteroatoms. The number of carbonyl (C=O) groups excluding carboxylic acids is 1. The van der Waals surface area contributed by atoms with Gasteiger partial charge in [0.2, 0.25) is 5.91 Å². The van der Waals surface area contributed by atoms with E-state index in [9.17, 15) is 4.79 Å². The zero-order chi connectivity index (χ0) is 13.3. The number of nitrogens with zero attached hydrogens (tertiary/aromatic N) is 3. The molecule has 1 saturated carbocycles. The Balaban J connectivity index is 1.51. The van der Waals surface area contributed by atoms with Crippen molar-refractivity contribution in [2.24, 2.45) is 5.73 Å². The monoisotopic (exact) mass is 260 g/mol. The summed E-state index contributed by atoms with van der Waals surface area (Å²) in [6.07, 6.45) is 5.39. The molecule has 19 heavy (non-hydrogen) atoms. The van der Waals surface area contributed by atoms with Crippen molar-refractivity contribution in [2.45, 2.75) is 24.9 Å². The number of hydrogen-bond donors (Lipinski definition) is 1. The number of amides is 1. The third kappa shape index (κ3) is 2.77. The Bertz CT molecular complexity index is 450. The van der Waals surface area contributed by atoms with Crippen LogP contribution in [-0.4, -0.2) is 52.4 Å². The van der Waals surface area contributed by atoms with Gasteiger partial charge in [-0.05, 0) is 24.5 Å². The first-order chi connectivity index (χ1) is 9.17. The molecule has 0 bridgehead atoms. The fraction of sp³-hybridized carbons (Fsp3) is 0.571. The first-order valence-corrected chi connectivity index (χ1v) is 6.87. The van der Waals surface area contributed by atoms with Gasteiger partial charge in [0.1, 0.15) is 0 Å². The summed E-state index contributed by atoms with van der Waals surface area (Å²) >= 11 is 0. The highest BCUT2D eigenvalue weighted by Gasteiger charge is 2.48. The maximum absolute atomic E-state index is 12.1. The molecule has 1 aliphatic heterocycles. The maximum atomic E-state index is 12.1. The van der Waals surface area contributed by atoms with E-state index in [0.29, 0.717) is 0 Å². The van der Waals surface area contributed by atoms with Gasteiger partial charge in [0.25, 0.3) is 0 Å². The van der Waals surface area contributed by atoms with Crippen molar-refractivity contribution >= 4 is 5.91 Å². The SMILES string of the molecule is NC1(C(=O)N2CCN(Cc3cccnc3)CC2)CC1. The lowest BCUT2D eigenvalue weighted by Gasteiger charge is -2.36. The normalized spacial score (nSPS) is 22.3. The molecular weight excluding hydrogens is 240 g/mol. The van der Waals surface area contributed by atoms with Crippen LogP contribution in [0.2, 0.25) is 0 Å². The summed E-state index contributed by atoms with van der Waals surface area (Å²) in [6, 6.07) is 4.05. The molecule has 1 aliphatic carbocycles. The molecule has 2 N–H and O–H groups in total. The Morgan fingerprint density at radius 2 is 2.05 bits per heavy atom. The highest BCUT2D eigenvalue weighted by atomic mass is 16.2. The minimum atomic E-state index is -0.522. The predicted molar refractivity (Wildman–Crippen MR) is 72.2 cm³/mol. The second-order valence-corrected chi connectivity index (χ2v) is 5.59. The summed E-state index contributed by atoms with van der Waals surface area (Å²) in [6.45, 7) is 4.31. The van der Waals surface area contributed by atoms with Crippen LogP contribution in [-0.2, 0) is 11.3 Å². The quantitative estimate of drug-likeness (QED) is 0.844. The van der Waals surface area contributed by atoms with Crippen LogP contribution in [0.15, 0.2) is 24.5 Å². The molecule has 2 heterocycles. The molecule has 2 fully saturated rings. The van der Waals surface area contributed by atoms with E-state index in [2.05, 4.69) is 16.0 Å². The third-order valence-electron chi connectivity index (χ3n) is 4.00. The van der Waals surface area contributed by atoms with Gasteiger partial charge >= 0.3 is 0 Å². The van der Waals surface area contributed by atoms with Crippen LogP contribution < -0.4 is 5.73 Å².